The summed E-state index contributed by atoms with van der Waals surface area (Å²) in [5.74, 6) is 1.41. The summed E-state index contributed by atoms with van der Waals surface area (Å²) in [6, 6.07) is 10.7. The number of hydrogen-bond donors (Lipinski definition) is 0. The molecule has 1 rings (SSSR count). The first kappa shape index (κ1) is 11.2. The van der Waals surface area contributed by atoms with E-state index in [2.05, 4.69) is 51.1 Å². The highest BCUT2D eigenvalue weighted by molar-refractivity contribution is 5.18. The molecule has 0 radical (unpaired) electrons. The molecule has 1 atom stereocenters. The molecule has 2 N–H and O–H groups in total. The maximum absolute atomic E-state index is 2.28. The van der Waals surface area contributed by atoms with E-state index in [0.29, 0.717) is 5.92 Å². The van der Waals surface area contributed by atoms with Crippen LogP contribution in [0.25, 0.3) is 0 Å². The minimum atomic E-state index is 0. The Morgan fingerprint density at radius 2 is 1.42 bits per heavy atom. The molecule has 1 aromatic rings. The van der Waals surface area contributed by atoms with Crippen LogP contribution in [0.3, 0.4) is 0 Å². The fourth-order valence-electron chi connectivity index (χ4n) is 1.14. The van der Waals surface area contributed by atoms with Gasteiger partial charge in [0.15, 0.2) is 0 Å². The minimum absolute atomic E-state index is 0. The van der Waals surface area contributed by atoms with Crippen LogP contribution in [0.15, 0.2) is 30.3 Å². The van der Waals surface area contributed by atoms with E-state index in [9.17, 15) is 0 Å². The topological polar surface area (TPSA) is 31.5 Å². The summed E-state index contributed by atoms with van der Waals surface area (Å²) in [5, 5.41) is 0. The van der Waals surface area contributed by atoms with Crippen LogP contribution >= 0.6 is 0 Å². The third-order valence-corrected chi connectivity index (χ3v) is 2.33. The highest BCUT2D eigenvalue weighted by Crippen LogP contribution is 2.22. The van der Waals surface area contributed by atoms with Crippen molar-refractivity contribution in [1.29, 1.82) is 0 Å². The van der Waals surface area contributed by atoms with Gasteiger partial charge in [-0.2, -0.15) is 0 Å². The van der Waals surface area contributed by atoms with Gasteiger partial charge in [0.2, 0.25) is 0 Å². The lowest BCUT2D eigenvalue weighted by Gasteiger charge is -2.15. The van der Waals surface area contributed by atoms with E-state index in [1.165, 1.54) is 5.56 Å². The van der Waals surface area contributed by atoms with Crippen LogP contribution in [0.4, 0.5) is 0 Å². The molecule has 0 fully saturated rings. The third kappa shape index (κ3) is 2.67. The molecule has 12 heavy (non-hydrogen) atoms. The maximum Gasteiger partial charge on any atom is -0.0167 e. The monoisotopic (exact) mass is 166 g/mol. The van der Waals surface area contributed by atoms with Crippen LogP contribution in [0.1, 0.15) is 32.3 Å². The Balaban J connectivity index is 0.00000121. The lowest BCUT2D eigenvalue weighted by atomic mass is 9.91. The predicted octanol–water partition coefficient (Wildman–Crippen LogP) is 2.62. The van der Waals surface area contributed by atoms with E-state index in [4.69, 9.17) is 0 Å². The normalized spacial score (nSPS) is 12.3. The summed E-state index contributed by atoms with van der Waals surface area (Å²) in [5.41, 5.74) is 1.45. The second-order valence-corrected chi connectivity index (χ2v) is 3.44. The summed E-state index contributed by atoms with van der Waals surface area (Å²) in [7, 11) is 0. The van der Waals surface area contributed by atoms with E-state index in [0.717, 1.165) is 5.92 Å². The summed E-state index contributed by atoms with van der Waals surface area (Å²) >= 11 is 0. The molecule has 0 aliphatic heterocycles. The average molecular weight is 166 g/mol. The lowest BCUT2D eigenvalue weighted by molar-refractivity contribution is 0.535. The molecule has 68 valence electrons. The molecule has 1 heteroatoms. The molecule has 0 saturated carbocycles. The van der Waals surface area contributed by atoms with Crippen molar-refractivity contribution in [3.63, 3.8) is 0 Å². The number of benzene rings is 1. The SMILES string of the molecule is CC(C)[C@@H](C)c1ccccc1.O. The molecule has 1 aromatic carbocycles. The standard InChI is InChI=1S/C11H16.H2O/c1-9(2)10(3)11-7-5-4-6-8-11;/h4-10H,1-3H3;1H2/t10-;/m1./s1. The van der Waals surface area contributed by atoms with Crippen molar-refractivity contribution in [3.8, 4) is 0 Å². The Morgan fingerprint density at radius 1 is 0.917 bits per heavy atom. The van der Waals surface area contributed by atoms with Gasteiger partial charge in [-0.1, -0.05) is 51.1 Å². The fourth-order valence-corrected chi connectivity index (χ4v) is 1.14. The molecule has 0 amide bonds. The van der Waals surface area contributed by atoms with Crippen molar-refractivity contribution < 1.29 is 5.48 Å². The molecule has 1 nitrogen and oxygen atoms in total. The third-order valence-electron chi connectivity index (χ3n) is 2.33. The van der Waals surface area contributed by atoms with Gasteiger partial charge in [0.05, 0.1) is 0 Å². The van der Waals surface area contributed by atoms with Gasteiger partial charge in [-0.15, -0.1) is 0 Å². The molecule has 0 unspecified atom stereocenters. The highest BCUT2D eigenvalue weighted by Gasteiger charge is 2.07. The van der Waals surface area contributed by atoms with Crippen molar-refractivity contribution in [2.24, 2.45) is 5.92 Å². The zero-order valence-corrected chi connectivity index (χ0v) is 8.04. The van der Waals surface area contributed by atoms with E-state index in [1.54, 1.807) is 0 Å². The summed E-state index contributed by atoms with van der Waals surface area (Å²) < 4.78 is 0. The molecule has 0 bridgehead atoms. The van der Waals surface area contributed by atoms with Crippen LogP contribution in [0, 0.1) is 5.92 Å². The molecule has 0 saturated heterocycles. The summed E-state index contributed by atoms with van der Waals surface area (Å²) in [6.07, 6.45) is 0. The van der Waals surface area contributed by atoms with Gasteiger partial charge in [-0.3, -0.25) is 0 Å². The van der Waals surface area contributed by atoms with Crippen LogP contribution in [0.2, 0.25) is 0 Å². The molecular weight excluding hydrogens is 148 g/mol. The van der Waals surface area contributed by atoms with Crippen molar-refractivity contribution in [1.82, 2.24) is 0 Å². The molecule has 0 aliphatic carbocycles. The Labute approximate surface area is 74.7 Å². The van der Waals surface area contributed by atoms with Crippen LogP contribution in [0.5, 0.6) is 0 Å². The Morgan fingerprint density at radius 3 is 1.83 bits per heavy atom. The highest BCUT2D eigenvalue weighted by atomic mass is 16.0. The Kier molecular flexibility index (Phi) is 4.60. The van der Waals surface area contributed by atoms with E-state index < -0.39 is 0 Å². The second-order valence-electron chi connectivity index (χ2n) is 3.44. The van der Waals surface area contributed by atoms with Crippen molar-refractivity contribution >= 4 is 0 Å². The minimum Gasteiger partial charge on any atom is -0.412 e. The van der Waals surface area contributed by atoms with Gasteiger partial charge < -0.3 is 5.48 Å². The van der Waals surface area contributed by atoms with Gasteiger partial charge in [0.1, 0.15) is 0 Å². The molecular formula is C11H18O. The van der Waals surface area contributed by atoms with Crippen LogP contribution < -0.4 is 0 Å². The van der Waals surface area contributed by atoms with Crippen molar-refractivity contribution in [3.05, 3.63) is 35.9 Å². The summed E-state index contributed by atoms with van der Waals surface area (Å²) in [4.78, 5) is 0. The van der Waals surface area contributed by atoms with Crippen molar-refractivity contribution in [2.45, 2.75) is 26.7 Å². The number of hydrogen-bond acceptors (Lipinski definition) is 0. The summed E-state index contributed by atoms with van der Waals surface area (Å²) in [6.45, 7) is 6.80. The first-order valence-corrected chi connectivity index (χ1v) is 4.26. The van der Waals surface area contributed by atoms with Gasteiger partial charge in [0.25, 0.3) is 0 Å². The zero-order valence-electron chi connectivity index (χ0n) is 8.04. The molecule has 0 aromatic heterocycles. The Hall–Kier alpha value is -0.820. The van der Waals surface area contributed by atoms with Gasteiger partial charge in [-0.25, -0.2) is 0 Å². The fraction of sp³-hybridized carbons (Fsp3) is 0.455. The average Bonchev–Trinajstić information content (AvgIpc) is 2.05. The predicted molar refractivity (Wildman–Crippen MR) is 53.3 cm³/mol. The maximum atomic E-state index is 2.28. The molecule has 0 spiro atoms. The molecule has 0 heterocycles. The van der Waals surface area contributed by atoms with E-state index >= 15 is 0 Å². The van der Waals surface area contributed by atoms with Gasteiger partial charge in [0, 0.05) is 0 Å². The van der Waals surface area contributed by atoms with E-state index in [-0.39, 0.29) is 5.48 Å². The second kappa shape index (κ2) is 4.94. The van der Waals surface area contributed by atoms with Crippen molar-refractivity contribution in [2.75, 3.05) is 0 Å². The van der Waals surface area contributed by atoms with E-state index in [1.807, 2.05) is 0 Å². The number of rotatable bonds is 2. The first-order valence-electron chi connectivity index (χ1n) is 4.26. The largest absolute Gasteiger partial charge is 0.412 e. The Bertz CT molecular complexity index is 204. The lowest BCUT2D eigenvalue weighted by Crippen LogP contribution is -2.00. The smallest absolute Gasteiger partial charge is 0.0167 e. The van der Waals surface area contributed by atoms with Gasteiger partial charge >= 0.3 is 0 Å². The zero-order chi connectivity index (χ0) is 8.27. The van der Waals surface area contributed by atoms with Crippen LogP contribution in [-0.2, 0) is 0 Å². The van der Waals surface area contributed by atoms with Gasteiger partial charge in [-0.05, 0) is 17.4 Å². The molecule has 0 aliphatic rings. The van der Waals surface area contributed by atoms with Crippen LogP contribution in [-0.4, -0.2) is 5.48 Å². The first-order chi connectivity index (χ1) is 5.22. The quantitative estimate of drug-likeness (QED) is 0.647.